The first-order valence-electron chi connectivity index (χ1n) is 6.46. The number of benzene rings is 2. The van der Waals surface area contributed by atoms with E-state index in [1.54, 1.807) is 19.2 Å². The van der Waals surface area contributed by atoms with Crippen molar-refractivity contribution in [3.8, 4) is 11.5 Å². The zero-order valence-electron chi connectivity index (χ0n) is 11.5. The average Bonchev–Trinajstić information content (AvgIpc) is 2.50. The maximum atomic E-state index is 9.31. The molecule has 2 heteroatoms. The SMILES string of the molecule is C=C[C@@H](C=Cc1ccc(OC)cc1)c1ccc(O)cc1. The molecule has 0 aliphatic heterocycles. The summed E-state index contributed by atoms with van der Waals surface area (Å²) in [7, 11) is 1.66. The van der Waals surface area contributed by atoms with Crippen LogP contribution in [0.4, 0.5) is 0 Å². The lowest BCUT2D eigenvalue weighted by molar-refractivity contribution is 0.415. The highest BCUT2D eigenvalue weighted by Gasteiger charge is 2.03. The molecule has 0 fully saturated rings. The van der Waals surface area contributed by atoms with Crippen molar-refractivity contribution in [2.75, 3.05) is 7.11 Å². The minimum atomic E-state index is 0.123. The van der Waals surface area contributed by atoms with Gasteiger partial charge in [0, 0.05) is 5.92 Å². The van der Waals surface area contributed by atoms with Crippen molar-refractivity contribution < 1.29 is 9.84 Å². The zero-order chi connectivity index (χ0) is 14.4. The van der Waals surface area contributed by atoms with Crippen LogP contribution in [0.25, 0.3) is 6.08 Å². The van der Waals surface area contributed by atoms with Crippen LogP contribution < -0.4 is 4.74 Å². The Morgan fingerprint density at radius 1 is 1.05 bits per heavy atom. The lowest BCUT2D eigenvalue weighted by Gasteiger charge is -2.08. The van der Waals surface area contributed by atoms with Crippen molar-refractivity contribution in [2.24, 2.45) is 0 Å². The van der Waals surface area contributed by atoms with Gasteiger partial charge in [0.2, 0.25) is 0 Å². The molecule has 0 aromatic heterocycles. The van der Waals surface area contributed by atoms with E-state index in [0.29, 0.717) is 0 Å². The number of phenols is 1. The molecule has 0 heterocycles. The summed E-state index contributed by atoms with van der Waals surface area (Å²) in [5, 5.41) is 9.31. The fourth-order valence-corrected chi connectivity index (χ4v) is 1.95. The van der Waals surface area contributed by atoms with E-state index in [0.717, 1.165) is 16.9 Å². The Balaban J connectivity index is 2.14. The monoisotopic (exact) mass is 266 g/mol. The molecular formula is C18H18O2. The van der Waals surface area contributed by atoms with Crippen molar-refractivity contribution in [1.82, 2.24) is 0 Å². The average molecular weight is 266 g/mol. The summed E-state index contributed by atoms with van der Waals surface area (Å²) in [5.74, 6) is 1.24. The van der Waals surface area contributed by atoms with Crippen LogP contribution in [-0.4, -0.2) is 12.2 Å². The first-order chi connectivity index (χ1) is 9.72. The maximum Gasteiger partial charge on any atom is 0.118 e. The second kappa shape index (κ2) is 6.62. The van der Waals surface area contributed by atoms with E-state index in [9.17, 15) is 5.11 Å². The summed E-state index contributed by atoms with van der Waals surface area (Å²) >= 11 is 0. The van der Waals surface area contributed by atoms with E-state index < -0.39 is 0 Å². The van der Waals surface area contributed by atoms with E-state index >= 15 is 0 Å². The summed E-state index contributed by atoms with van der Waals surface area (Å²) in [6.07, 6.45) is 6.02. The summed E-state index contributed by atoms with van der Waals surface area (Å²) in [4.78, 5) is 0. The molecule has 0 amide bonds. The van der Waals surface area contributed by atoms with Gasteiger partial charge in [0.25, 0.3) is 0 Å². The number of allylic oxidation sites excluding steroid dienone is 2. The molecule has 1 N–H and O–H groups in total. The summed E-state index contributed by atoms with van der Waals surface area (Å²) < 4.78 is 5.13. The predicted octanol–water partition coefficient (Wildman–Crippen LogP) is 4.38. The summed E-state index contributed by atoms with van der Waals surface area (Å²) in [6, 6.07) is 15.1. The van der Waals surface area contributed by atoms with E-state index in [1.165, 1.54) is 0 Å². The van der Waals surface area contributed by atoms with E-state index in [4.69, 9.17) is 4.74 Å². The van der Waals surface area contributed by atoms with Gasteiger partial charge in [0.1, 0.15) is 11.5 Å². The van der Waals surface area contributed by atoms with Gasteiger partial charge >= 0.3 is 0 Å². The quantitative estimate of drug-likeness (QED) is 0.814. The number of aromatic hydroxyl groups is 1. The lowest BCUT2D eigenvalue weighted by atomic mass is 9.98. The second-order valence-corrected chi connectivity index (χ2v) is 4.49. The van der Waals surface area contributed by atoms with Crippen molar-refractivity contribution in [3.05, 3.63) is 78.4 Å². The van der Waals surface area contributed by atoms with Gasteiger partial charge in [-0.1, -0.05) is 42.5 Å². The fourth-order valence-electron chi connectivity index (χ4n) is 1.95. The van der Waals surface area contributed by atoms with Crippen molar-refractivity contribution >= 4 is 6.08 Å². The fraction of sp³-hybridized carbons (Fsp3) is 0.111. The van der Waals surface area contributed by atoms with Crippen molar-refractivity contribution in [2.45, 2.75) is 5.92 Å². The minimum Gasteiger partial charge on any atom is -0.508 e. The molecule has 0 aliphatic rings. The molecule has 1 atom stereocenters. The highest BCUT2D eigenvalue weighted by Crippen LogP contribution is 2.22. The first-order valence-corrected chi connectivity index (χ1v) is 6.46. The van der Waals surface area contributed by atoms with Gasteiger partial charge in [-0.2, -0.15) is 0 Å². The van der Waals surface area contributed by atoms with Gasteiger partial charge in [0.15, 0.2) is 0 Å². The second-order valence-electron chi connectivity index (χ2n) is 4.49. The number of ether oxygens (including phenoxy) is 1. The molecule has 20 heavy (non-hydrogen) atoms. The van der Waals surface area contributed by atoms with Crippen LogP contribution in [0, 0.1) is 0 Å². The molecule has 0 unspecified atom stereocenters. The molecular weight excluding hydrogens is 248 g/mol. The third-order valence-corrected chi connectivity index (χ3v) is 3.14. The molecule has 0 radical (unpaired) electrons. The smallest absolute Gasteiger partial charge is 0.118 e. The Morgan fingerprint density at radius 2 is 1.70 bits per heavy atom. The summed E-state index contributed by atoms with van der Waals surface area (Å²) in [6.45, 7) is 3.87. The van der Waals surface area contributed by atoms with Gasteiger partial charge in [-0.3, -0.25) is 0 Å². The number of phenolic OH excluding ortho intramolecular Hbond substituents is 1. The third kappa shape index (κ3) is 3.51. The van der Waals surface area contributed by atoms with E-state index in [-0.39, 0.29) is 11.7 Å². The molecule has 2 aromatic rings. The Kier molecular flexibility index (Phi) is 4.61. The Hall–Kier alpha value is -2.48. The molecule has 2 rings (SSSR count). The van der Waals surface area contributed by atoms with Gasteiger partial charge in [-0.15, -0.1) is 6.58 Å². The topological polar surface area (TPSA) is 29.5 Å². The van der Waals surface area contributed by atoms with Crippen molar-refractivity contribution in [3.63, 3.8) is 0 Å². The minimum absolute atomic E-state index is 0.123. The van der Waals surface area contributed by atoms with E-state index in [2.05, 4.69) is 18.7 Å². The molecule has 0 bridgehead atoms. The van der Waals surface area contributed by atoms with E-state index in [1.807, 2.05) is 42.5 Å². The largest absolute Gasteiger partial charge is 0.508 e. The number of methoxy groups -OCH3 is 1. The van der Waals surface area contributed by atoms with Gasteiger partial charge in [-0.05, 0) is 35.4 Å². The highest BCUT2D eigenvalue weighted by atomic mass is 16.5. The van der Waals surface area contributed by atoms with Crippen LogP contribution in [0.1, 0.15) is 17.0 Å². The molecule has 2 nitrogen and oxygen atoms in total. The summed E-state index contributed by atoms with van der Waals surface area (Å²) in [5.41, 5.74) is 2.21. The van der Waals surface area contributed by atoms with Crippen LogP contribution in [-0.2, 0) is 0 Å². The standard InChI is InChI=1S/C18H18O2/c1-3-15(16-8-10-17(19)11-9-16)7-4-14-5-12-18(20-2)13-6-14/h3-13,15,19H,1H2,2H3/t15-/m0/s1. The van der Waals surface area contributed by atoms with Gasteiger partial charge in [-0.25, -0.2) is 0 Å². The first kappa shape index (κ1) is 13.9. The number of hydrogen-bond donors (Lipinski definition) is 1. The predicted molar refractivity (Wildman–Crippen MR) is 83.1 cm³/mol. The molecule has 102 valence electrons. The normalized spacial score (nSPS) is 12.2. The zero-order valence-corrected chi connectivity index (χ0v) is 11.5. The molecule has 0 saturated carbocycles. The van der Waals surface area contributed by atoms with Crippen LogP contribution in [0.15, 0.2) is 67.3 Å². The Morgan fingerprint density at radius 3 is 2.25 bits per heavy atom. The lowest BCUT2D eigenvalue weighted by Crippen LogP contribution is -1.89. The Bertz CT molecular complexity index is 580. The Labute approximate surface area is 119 Å². The highest BCUT2D eigenvalue weighted by molar-refractivity contribution is 5.53. The molecule has 0 spiro atoms. The van der Waals surface area contributed by atoms with Gasteiger partial charge in [0.05, 0.1) is 7.11 Å². The van der Waals surface area contributed by atoms with Crippen LogP contribution >= 0.6 is 0 Å². The van der Waals surface area contributed by atoms with Crippen LogP contribution in [0.2, 0.25) is 0 Å². The molecule has 0 aliphatic carbocycles. The number of rotatable bonds is 5. The van der Waals surface area contributed by atoms with Gasteiger partial charge < -0.3 is 9.84 Å². The third-order valence-electron chi connectivity index (χ3n) is 3.14. The van der Waals surface area contributed by atoms with Crippen LogP contribution in [0.3, 0.4) is 0 Å². The maximum absolute atomic E-state index is 9.31. The van der Waals surface area contributed by atoms with Crippen LogP contribution in [0.5, 0.6) is 11.5 Å². The molecule has 2 aromatic carbocycles. The number of hydrogen-bond acceptors (Lipinski definition) is 2. The van der Waals surface area contributed by atoms with Crippen molar-refractivity contribution in [1.29, 1.82) is 0 Å². The molecule has 0 saturated heterocycles.